The Hall–Kier alpha value is -3.61. The number of aromatic nitrogens is 2. The molecule has 3 rings (SSSR count). The summed E-state index contributed by atoms with van der Waals surface area (Å²) < 4.78 is 1.29. The summed E-state index contributed by atoms with van der Waals surface area (Å²) in [6.45, 7) is 8.19. The summed E-state index contributed by atoms with van der Waals surface area (Å²) in [4.78, 5) is 42.5. The van der Waals surface area contributed by atoms with Crippen LogP contribution in [0.1, 0.15) is 40.9 Å². The first-order valence-corrected chi connectivity index (χ1v) is 10.2. The number of benzene rings is 2. The van der Waals surface area contributed by atoms with Crippen molar-refractivity contribution in [1.29, 1.82) is 0 Å². The Kier molecular flexibility index (Phi) is 6.44. The van der Waals surface area contributed by atoms with Crippen LogP contribution in [0, 0.1) is 19.8 Å². The fourth-order valence-electron chi connectivity index (χ4n) is 3.66. The van der Waals surface area contributed by atoms with Crippen molar-refractivity contribution in [3.63, 3.8) is 0 Å². The van der Waals surface area contributed by atoms with Crippen molar-refractivity contribution < 1.29 is 4.79 Å². The van der Waals surface area contributed by atoms with Crippen LogP contribution in [0.2, 0.25) is 0 Å². The molecule has 3 N–H and O–H groups in total. The Bertz CT molecular complexity index is 1190. The molecule has 1 aromatic heterocycles. The lowest BCUT2D eigenvalue weighted by Crippen LogP contribution is -2.42. The Morgan fingerprint density at radius 3 is 2.26 bits per heavy atom. The molecule has 1 amide bonds. The Balaban J connectivity index is 2.15. The van der Waals surface area contributed by atoms with E-state index in [9.17, 15) is 14.4 Å². The molecule has 0 aliphatic carbocycles. The van der Waals surface area contributed by atoms with E-state index in [4.69, 9.17) is 5.73 Å². The highest BCUT2D eigenvalue weighted by atomic mass is 16.2. The summed E-state index contributed by atoms with van der Waals surface area (Å²) in [5.41, 5.74) is 8.26. The van der Waals surface area contributed by atoms with E-state index in [2.05, 4.69) is 4.98 Å². The summed E-state index contributed by atoms with van der Waals surface area (Å²) in [6.07, 6.45) is 0. The van der Waals surface area contributed by atoms with Crippen LogP contribution < -0.4 is 21.9 Å². The molecule has 0 saturated heterocycles. The zero-order valence-corrected chi connectivity index (χ0v) is 18.3. The Morgan fingerprint density at radius 1 is 1.06 bits per heavy atom. The van der Waals surface area contributed by atoms with E-state index in [1.165, 1.54) is 9.47 Å². The van der Waals surface area contributed by atoms with Gasteiger partial charge in [-0.3, -0.25) is 19.1 Å². The molecule has 2 aromatic carbocycles. The van der Waals surface area contributed by atoms with Crippen LogP contribution in [0.15, 0.2) is 58.1 Å². The predicted molar refractivity (Wildman–Crippen MR) is 124 cm³/mol. The molecule has 0 bridgehead atoms. The van der Waals surface area contributed by atoms with Gasteiger partial charge in [0.05, 0.1) is 6.54 Å². The van der Waals surface area contributed by atoms with E-state index in [0.29, 0.717) is 5.56 Å². The van der Waals surface area contributed by atoms with E-state index in [1.54, 1.807) is 12.1 Å². The van der Waals surface area contributed by atoms with E-state index in [1.807, 2.05) is 64.1 Å². The highest BCUT2D eigenvalue weighted by Crippen LogP contribution is 2.22. The third kappa shape index (κ3) is 4.94. The average molecular weight is 421 g/mol. The predicted octanol–water partition coefficient (Wildman–Crippen LogP) is 3.09. The van der Waals surface area contributed by atoms with Crippen LogP contribution >= 0.6 is 0 Å². The smallest absolute Gasteiger partial charge is 0.330 e. The van der Waals surface area contributed by atoms with Gasteiger partial charge in [-0.2, -0.15) is 0 Å². The number of hydrogen-bond acceptors (Lipinski definition) is 4. The highest BCUT2D eigenvalue weighted by molar-refractivity contribution is 6.07. The molecule has 0 aliphatic rings. The molecule has 0 saturated carbocycles. The van der Waals surface area contributed by atoms with Crippen molar-refractivity contribution in [1.82, 2.24) is 9.55 Å². The number of hydrogen-bond donors (Lipinski definition) is 2. The van der Waals surface area contributed by atoms with E-state index in [0.717, 1.165) is 16.7 Å². The third-order valence-corrected chi connectivity index (χ3v) is 4.93. The first kappa shape index (κ1) is 22.1. The summed E-state index contributed by atoms with van der Waals surface area (Å²) in [7, 11) is 0. The van der Waals surface area contributed by atoms with Crippen molar-refractivity contribution in [2.24, 2.45) is 5.92 Å². The highest BCUT2D eigenvalue weighted by Gasteiger charge is 2.26. The molecule has 7 nitrogen and oxygen atoms in total. The number of aromatic amines is 1. The second-order valence-corrected chi connectivity index (χ2v) is 8.25. The van der Waals surface area contributed by atoms with Gasteiger partial charge in [0, 0.05) is 12.1 Å². The van der Waals surface area contributed by atoms with Crippen LogP contribution in [0.3, 0.4) is 0 Å². The van der Waals surface area contributed by atoms with Crippen molar-refractivity contribution in [3.8, 4) is 0 Å². The van der Waals surface area contributed by atoms with E-state index in [-0.39, 0.29) is 36.4 Å². The minimum Gasteiger partial charge on any atom is -0.383 e. The minimum absolute atomic E-state index is 0.00612. The van der Waals surface area contributed by atoms with Gasteiger partial charge >= 0.3 is 5.69 Å². The molecule has 0 fully saturated rings. The van der Waals surface area contributed by atoms with E-state index >= 15 is 0 Å². The fourth-order valence-corrected chi connectivity index (χ4v) is 3.66. The zero-order chi connectivity index (χ0) is 22.7. The average Bonchev–Trinajstić information content (AvgIpc) is 2.69. The first-order chi connectivity index (χ1) is 14.7. The number of H-pyrrole nitrogens is 1. The maximum Gasteiger partial charge on any atom is 0.330 e. The molecule has 0 spiro atoms. The second kappa shape index (κ2) is 9.04. The number of aryl methyl sites for hydroxylation is 2. The van der Waals surface area contributed by atoms with Crippen molar-refractivity contribution >= 4 is 17.4 Å². The van der Waals surface area contributed by atoms with Crippen LogP contribution in [0.25, 0.3) is 0 Å². The number of nitrogens with one attached hydrogen (secondary N) is 1. The first-order valence-electron chi connectivity index (χ1n) is 10.2. The Morgan fingerprint density at radius 2 is 1.68 bits per heavy atom. The SMILES string of the molecule is Cc1cc(C)cc(C(=O)N(CC(C)C)c2c(N)n(Cc3ccccc3)c(=O)[nH]c2=O)c1. The lowest BCUT2D eigenvalue weighted by Gasteiger charge is -2.26. The van der Waals surface area contributed by atoms with Gasteiger partial charge in [-0.25, -0.2) is 4.79 Å². The van der Waals surface area contributed by atoms with Crippen LogP contribution in [0.5, 0.6) is 0 Å². The fraction of sp³-hybridized carbons (Fsp3) is 0.292. The number of rotatable bonds is 6. The normalized spacial score (nSPS) is 11.0. The second-order valence-electron chi connectivity index (χ2n) is 8.25. The third-order valence-electron chi connectivity index (χ3n) is 4.93. The standard InChI is InChI=1S/C24H28N4O3/c1-15(2)13-27(23(30)19-11-16(3)10-17(4)12-19)20-21(25)28(24(31)26-22(20)29)14-18-8-6-5-7-9-18/h5-12,15H,13-14,25H2,1-4H3,(H,26,29,31). The van der Waals surface area contributed by atoms with Crippen LogP contribution in [-0.2, 0) is 6.54 Å². The van der Waals surface area contributed by atoms with Gasteiger partial charge < -0.3 is 10.6 Å². The van der Waals surface area contributed by atoms with Gasteiger partial charge in [0.1, 0.15) is 5.82 Å². The molecule has 162 valence electrons. The number of anilines is 2. The number of amides is 1. The lowest BCUT2D eigenvalue weighted by atomic mass is 10.1. The number of nitrogen functional groups attached to an aromatic ring is 1. The Labute approximate surface area is 181 Å². The summed E-state index contributed by atoms with van der Waals surface area (Å²) in [6, 6.07) is 14.9. The molecule has 0 unspecified atom stereocenters. The molecule has 0 aliphatic heterocycles. The maximum absolute atomic E-state index is 13.5. The zero-order valence-electron chi connectivity index (χ0n) is 18.3. The van der Waals surface area contributed by atoms with Crippen molar-refractivity contribution in [2.45, 2.75) is 34.2 Å². The van der Waals surface area contributed by atoms with Gasteiger partial charge in [0.25, 0.3) is 11.5 Å². The largest absolute Gasteiger partial charge is 0.383 e. The molecule has 7 heteroatoms. The minimum atomic E-state index is -0.676. The molecule has 31 heavy (non-hydrogen) atoms. The maximum atomic E-state index is 13.5. The topological polar surface area (TPSA) is 101 Å². The molecular weight excluding hydrogens is 392 g/mol. The quantitative estimate of drug-likeness (QED) is 0.640. The van der Waals surface area contributed by atoms with Gasteiger partial charge in [0.15, 0.2) is 5.69 Å². The van der Waals surface area contributed by atoms with Gasteiger partial charge in [-0.05, 0) is 37.5 Å². The molecule has 1 heterocycles. The molecule has 3 aromatic rings. The van der Waals surface area contributed by atoms with Crippen LogP contribution in [-0.4, -0.2) is 22.0 Å². The van der Waals surface area contributed by atoms with Gasteiger partial charge in [-0.1, -0.05) is 61.4 Å². The number of carbonyl (C=O) groups excluding carboxylic acids is 1. The van der Waals surface area contributed by atoms with Crippen molar-refractivity contribution in [3.05, 3.63) is 91.6 Å². The number of carbonyl (C=O) groups is 1. The van der Waals surface area contributed by atoms with Gasteiger partial charge in [0.2, 0.25) is 0 Å². The van der Waals surface area contributed by atoms with Crippen molar-refractivity contribution in [2.75, 3.05) is 17.2 Å². The summed E-state index contributed by atoms with van der Waals surface area (Å²) in [5.74, 6) is -0.290. The van der Waals surface area contributed by atoms with Gasteiger partial charge in [-0.15, -0.1) is 0 Å². The molecule has 0 radical (unpaired) electrons. The lowest BCUT2D eigenvalue weighted by molar-refractivity contribution is 0.0983. The molecule has 0 atom stereocenters. The number of nitrogens with zero attached hydrogens (tertiary/aromatic N) is 2. The summed E-state index contributed by atoms with van der Waals surface area (Å²) in [5, 5.41) is 0. The number of nitrogens with two attached hydrogens (primary N) is 1. The van der Waals surface area contributed by atoms with E-state index < -0.39 is 11.2 Å². The monoisotopic (exact) mass is 420 g/mol. The summed E-state index contributed by atoms with van der Waals surface area (Å²) >= 11 is 0. The molecular formula is C24H28N4O3. The van der Waals surface area contributed by atoms with Crippen LogP contribution in [0.4, 0.5) is 11.5 Å².